The molecule has 4 heteroatoms. The van der Waals surface area contributed by atoms with Gasteiger partial charge in [-0.2, -0.15) is 0 Å². The number of hydrogen-bond acceptors (Lipinski definition) is 2. The Morgan fingerprint density at radius 3 is 2.68 bits per heavy atom. The van der Waals surface area contributed by atoms with Gasteiger partial charge in [0.1, 0.15) is 0 Å². The Morgan fingerprint density at radius 1 is 1.12 bits per heavy atom. The lowest BCUT2D eigenvalue weighted by Gasteiger charge is -2.32. The van der Waals surface area contributed by atoms with Gasteiger partial charge in [-0.1, -0.05) is 60.1 Å². The average Bonchev–Trinajstić information content (AvgIpc) is 2.65. The third-order valence-electron chi connectivity index (χ3n) is 4.78. The monoisotopic (exact) mass is 356 g/mol. The van der Waals surface area contributed by atoms with E-state index in [1.807, 2.05) is 36.4 Å². The highest BCUT2D eigenvalue weighted by Crippen LogP contribution is 2.22. The summed E-state index contributed by atoms with van der Waals surface area (Å²) in [4.78, 5) is 14.8. The Bertz CT molecular complexity index is 689. The molecular weight excluding hydrogens is 332 g/mol. The van der Waals surface area contributed by atoms with Gasteiger partial charge in [-0.05, 0) is 43.0 Å². The van der Waals surface area contributed by atoms with E-state index in [4.69, 9.17) is 11.6 Å². The predicted octanol–water partition coefficient (Wildman–Crippen LogP) is 3.91. The molecule has 0 bridgehead atoms. The van der Waals surface area contributed by atoms with Gasteiger partial charge in [0, 0.05) is 24.7 Å². The minimum Gasteiger partial charge on any atom is -0.355 e. The Hall–Kier alpha value is -1.84. The van der Waals surface area contributed by atoms with Gasteiger partial charge in [0.2, 0.25) is 5.91 Å². The molecule has 1 atom stereocenters. The molecule has 1 unspecified atom stereocenters. The first-order chi connectivity index (χ1) is 12.2. The van der Waals surface area contributed by atoms with Crippen LogP contribution in [0.5, 0.6) is 0 Å². The van der Waals surface area contributed by atoms with Crippen molar-refractivity contribution in [3.63, 3.8) is 0 Å². The van der Waals surface area contributed by atoms with Crippen LogP contribution in [0.3, 0.4) is 0 Å². The smallest absolute Gasteiger partial charge is 0.224 e. The number of carbonyl (C=O) groups is 1. The van der Waals surface area contributed by atoms with E-state index in [2.05, 4.69) is 28.4 Å². The van der Waals surface area contributed by atoms with E-state index >= 15 is 0 Å². The molecule has 0 aliphatic carbocycles. The summed E-state index contributed by atoms with van der Waals surface area (Å²) < 4.78 is 0. The second kappa shape index (κ2) is 9.02. The Balaban J connectivity index is 1.47. The van der Waals surface area contributed by atoms with Crippen molar-refractivity contribution in [2.24, 2.45) is 5.92 Å². The molecule has 1 N–H and O–H groups in total. The minimum absolute atomic E-state index is 0.0759. The molecule has 1 heterocycles. The fraction of sp³-hybridized carbons (Fsp3) is 0.381. The van der Waals surface area contributed by atoms with E-state index in [9.17, 15) is 4.79 Å². The zero-order chi connectivity index (χ0) is 17.5. The van der Waals surface area contributed by atoms with Crippen molar-refractivity contribution in [1.82, 2.24) is 10.2 Å². The number of halogens is 1. The Labute approximate surface area is 155 Å². The molecule has 0 saturated carbocycles. The highest BCUT2D eigenvalue weighted by atomic mass is 35.5. The van der Waals surface area contributed by atoms with E-state index < -0.39 is 0 Å². The van der Waals surface area contributed by atoms with Crippen molar-refractivity contribution in [3.05, 3.63) is 70.7 Å². The van der Waals surface area contributed by atoms with Crippen LogP contribution in [-0.4, -0.2) is 30.4 Å². The first-order valence-corrected chi connectivity index (χ1v) is 9.37. The quantitative estimate of drug-likeness (QED) is 0.851. The summed E-state index contributed by atoms with van der Waals surface area (Å²) in [6.07, 6.45) is 2.90. The number of nitrogens with one attached hydrogen (secondary N) is 1. The molecule has 1 aliphatic heterocycles. The molecule has 2 aromatic rings. The molecule has 0 aromatic heterocycles. The van der Waals surface area contributed by atoms with E-state index in [1.54, 1.807) is 0 Å². The number of likely N-dealkylation sites (tertiary alicyclic amines) is 1. The summed E-state index contributed by atoms with van der Waals surface area (Å²) in [7, 11) is 0. The molecule has 1 amide bonds. The van der Waals surface area contributed by atoms with Crippen LogP contribution in [0.25, 0.3) is 0 Å². The van der Waals surface area contributed by atoms with E-state index in [1.165, 1.54) is 5.56 Å². The fourth-order valence-electron chi connectivity index (χ4n) is 3.40. The van der Waals surface area contributed by atoms with Crippen LogP contribution in [0.4, 0.5) is 0 Å². The Kier molecular flexibility index (Phi) is 6.48. The summed E-state index contributed by atoms with van der Waals surface area (Å²) in [6, 6.07) is 18.2. The topological polar surface area (TPSA) is 32.3 Å². The van der Waals surface area contributed by atoms with E-state index in [-0.39, 0.29) is 11.8 Å². The molecule has 3 nitrogen and oxygen atoms in total. The molecule has 2 aromatic carbocycles. The van der Waals surface area contributed by atoms with Crippen molar-refractivity contribution >= 4 is 17.5 Å². The molecule has 1 aliphatic rings. The number of amides is 1. The highest BCUT2D eigenvalue weighted by molar-refractivity contribution is 6.31. The molecule has 25 heavy (non-hydrogen) atoms. The van der Waals surface area contributed by atoms with Gasteiger partial charge < -0.3 is 5.32 Å². The maximum absolute atomic E-state index is 12.5. The lowest BCUT2D eigenvalue weighted by molar-refractivity contribution is -0.126. The van der Waals surface area contributed by atoms with Crippen LogP contribution < -0.4 is 5.32 Å². The molecule has 132 valence electrons. The minimum atomic E-state index is 0.0759. The van der Waals surface area contributed by atoms with Gasteiger partial charge in [0.25, 0.3) is 0 Å². The summed E-state index contributed by atoms with van der Waals surface area (Å²) in [5, 5.41) is 3.91. The summed E-state index contributed by atoms with van der Waals surface area (Å²) in [5.74, 6) is 0.256. The molecule has 3 rings (SSSR count). The number of benzene rings is 2. The van der Waals surface area contributed by atoms with Crippen molar-refractivity contribution in [3.8, 4) is 0 Å². The highest BCUT2D eigenvalue weighted by Gasteiger charge is 2.25. The molecule has 0 spiro atoms. The van der Waals surface area contributed by atoms with Crippen molar-refractivity contribution < 1.29 is 4.79 Å². The van der Waals surface area contributed by atoms with Gasteiger partial charge in [-0.3, -0.25) is 9.69 Å². The summed E-state index contributed by atoms with van der Waals surface area (Å²) >= 11 is 6.26. The van der Waals surface area contributed by atoms with Gasteiger partial charge >= 0.3 is 0 Å². The van der Waals surface area contributed by atoms with Gasteiger partial charge in [-0.25, -0.2) is 0 Å². The van der Waals surface area contributed by atoms with E-state index in [0.717, 1.165) is 49.5 Å². The third-order valence-corrected chi connectivity index (χ3v) is 5.15. The lowest BCUT2D eigenvalue weighted by Crippen LogP contribution is -2.43. The summed E-state index contributed by atoms with van der Waals surface area (Å²) in [5.41, 5.74) is 2.39. The standard InChI is InChI=1S/C21H25ClN2O/c22-20-11-5-4-9-18(20)15-24-14-6-10-19(16-24)21(25)23-13-12-17-7-2-1-3-8-17/h1-5,7-9,11,19H,6,10,12-16H2,(H,23,25). The normalized spacial score (nSPS) is 18.0. The van der Waals surface area contributed by atoms with Gasteiger partial charge in [0.05, 0.1) is 5.92 Å². The number of hydrogen-bond donors (Lipinski definition) is 1. The Morgan fingerprint density at radius 2 is 1.88 bits per heavy atom. The van der Waals surface area contributed by atoms with Crippen LogP contribution in [-0.2, 0) is 17.8 Å². The van der Waals surface area contributed by atoms with Gasteiger partial charge in [0.15, 0.2) is 0 Å². The van der Waals surface area contributed by atoms with E-state index in [0.29, 0.717) is 6.54 Å². The number of carbonyl (C=O) groups excluding carboxylic acids is 1. The number of nitrogens with zero attached hydrogens (tertiary/aromatic N) is 1. The SMILES string of the molecule is O=C(NCCc1ccccc1)C1CCCN(Cc2ccccc2Cl)C1. The van der Waals surface area contributed by atoms with Crippen LogP contribution >= 0.6 is 11.6 Å². The second-order valence-corrected chi connectivity index (χ2v) is 7.10. The maximum Gasteiger partial charge on any atom is 0.224 e. The molecule has 1 fully saturated rings. The molecule has 1 saturated heterocycles. The third kappa shape index (κ3) is 5.32. The largest absolute Gasteiger partial charge is 0.355 e. The number of rotatable bonds is 6. The first kappa shape index (κ1) is 18.0. The van der Waals surface area contributed by atoms with Crippen molar-refractivity contribution in [2.75, 3.05) is 19.6 Å². The zero-order valence-corrected chi connectivity index (χ0v) is 15.2. The maximum atomic E-state index is 12.5. The van der Waals surface area contributed by atoms with Crippen molar-refractivity contribution in [1.29, 1.82) is 0 Å². The molecule has 0 radical (unpaired) electrons. The lowest BCUT2D eigenvalue weighted by atomic mass is 9.96. The predicted molar refractivity (Wildman–Crippen MR) is 103 cm³/mol. The van der Waals surface area contributed by atoms with Crippen LogP contribution in [0, 0.1) is 5.92 Å². The van der Waals surface area contributed by atoms with Crippen molar-refractivity contribution in [2.45, 2.75) is 25.8 Å². The fourth-order valence-corrected chi connectivity index (χ4v) is 3.60. The summed E-state index contributed by atoms with van der Waals surface area (Å²) in [6.45, 7) is 3.35. The van der Waals surface area contributed by atoms with Crippen LogP contribution in [0.1, 0.15) is 24.0 Å². The van der Waals surface area contributed by atoms with Crippen LogP contribution in [0.15, 0.2) is 54.6 Å². The van der Waals surface area contributed by atoms with Crippen LogP contribution in [0.2, 0.25) is 5.02 Å². The van der Waals surface area contributed by atoms with Gasteiger partial charge in [-0.15, -0.1) is 0 Å². The average molecular weight is 357 g/mol. The first-order valence-electron chi connectivity index (χ1n) is 9.00. The zero-order valence-electron chi connectivity index (χ0n) is 14.5. The number of piperidine rings is 1. The molecular formula is C21H25ClN2O. The second-order valence-electron chi connectivity index (χ2n) is 6.69.